The summed E-state index contributed by atoms with van der Waals surface area (Å²) in [7, 11) is 1.52. The number of carbonyl (C=O) groups is 1. The summed E-state index contributed by atoms with van der Waals surface area (Å²) in [6, 6.07) is 0. The molecule has 1 N–H and O–H groups in total. The lowest BCUT2D eigenvalue weighted by Gasteiger charge is -2.33. The lowest BCUT2D eigenvalue weighted by Crippen LogP contribution is -2.52. The van der Waals surface area contributed by atoms with E-state index in [-0.39, 0.29) is 18.8 Å². The van der Waals surface area contributed by atoms with Gasteiger partial charge in [0.1, 0.15) is 5.92 Å². The molecule has 6 heteroatoms. The van der Waals surface area contributed by atoms with Gasteiger partial charge < -0.3 is 10.2 Å². The van der Waals surface area contributed by atoms with Gasteiger partial charge in [-0.15, -0.1) is 19.0 Å². The van der Waals surface area contributed by atoms with Crippen molar-refractivity contribution in [3.63, 3.8) is 0 Å². The molecule has 1 rings (SSSR count). The number of carbonyl (C=O) groups excluding carboxylic acids is 1. The Balaban J connectivity index is 0.00000225. The van der Waals surface area contributed by atoms with Crippen LogP contribution in [0.15, 0.2) is 12.7 Å². The van der Waals surface area contributed by atoms with Gasteiger partial charge in [0, 0.05) is 13.6 Å². The highest BCUT2D eigenvalue weighted by molar-refractivity contribution is 5.85. The zero-order valence-electron chi connectivity index (χ0n) is 9.21. The Labute approximate surface area is 100 Å². The monoisotopic (exact) mass is 254 g/mol. The van der Waals surface area contributed by atoms with Crippen molar-refractivity contribution in [1.29, 1.82) is 0 Å². The van der Waals surface area contributed by atoms with Gasteiger partial charge in [0.2, 0.25) is 5.91 Å². The van der Waals surface area contributed by atoms with E-state index in [9.17, 15) is 13.6 Å². The van der Waals surface area contributed by atoms with Crippen molar-refractivity contribution in [1.82, 2.24) is 10.2 Å². The molecule has 0 saturated carbocycles. The number of hydrogen-bond donors (Lipinski definition) is 1. The Morgan fingerprint density at radius 2 is 2.31 bits per heavy atom. The Bertz CT molecular complexity index is 261. The second-order valence-electron chi connectivity index (χ2n) is 3.79. The number of hydrogen-bond acceptors (Lipinski definition) is 2. The Morgan fingerprint density at radius 1 is 1.69 bits per heavy atom. The first-order chi connectivity index (χ1) is 6.99. The molecule has 1 unspecified atom stereocenters. The van der Waals surface area contributed by atoms with Gasteiger partial charge in [-0.05, 0) is 13.0 Å². The molecular formula is C10H17ClF2N2O. The molecule has 1 heterocycles. The number of nitrogens with one attached hydrogen (secondary N) is 1. The van der Waals surface area contributed by atoms with Crippen molar-refractivity contribution >= 4 is 18.3 Å². The minimum absolute atomic E-state index is 0. The van der Waals surface area contributed by atoms with Crippen LogP contribution in [0.3, 0.4) is 0 Å². The number of likely N-dealkylation sites (N-methyl/N-ethyl adjacent to an activating group) is 1. The standard InChI is InChI=1S/C10H16F2N2O.ClH/c1-3-6-14(2)9(15)8-4-5-13-7-10(8,11)12;/h3,8,13H,1,4-7H2,2H3;1H. The van der Waals surface area contributed by atoms with E-state index < -0.39 is 24.3 Å². The smallest absolute Gasteiger partial charge is 0.271 e. The van der Waals surface area contributed by atoms with E-state index in [0.29, 0.717) is 13.1 Å². The lowest BCUT2D eigenvalue weighted by molar-refractivity contribution is -0.151. The molecule has 1 fully saturated rings. The molecule has 16 heavy (non-hydrogen) atoms. The predicted octanol–water partition coefficient (Wildman–Crippen LogP) is 1.30. The van der Waals surface area contributed by atoms with Crippen molar-refractivity contribution in [2.45, 2.75) is 12.3 Å². The number of piperidine rings is 1. The van der Waals surface area contributed by atoms with E-state index in [4.69, 9.17) is 0 Å². The summed E-state index contributed by atoms with van der Waals surface area (Å²) in [5.41, 5.74) is 0. The molecule has 0 aromatic carbocycles. The van der Waals surface area contributed by atoms with Crippen molar-refractivity contribution in [3.8, 4) is 0 Å². The van der Waals surface area contributed by atoms with Gasteiger partial charge in [0.15, 0.2) is 0 Å². The van der Waals surface area contributed by atoms with Crippen LogP contribution in [0, 0.1) is 5.92 Å². The fraction of sp³-hybridized carbons (Fsp3) is 0.700. The summed E-state index contributed by atoms with van der Waals surface area (Å²) >= 11 is 0. The van der Waals surface area contributed by atoms with Gasteiger partial charge in [-0.25, -0.2) is 8.78 Å². The molecule has 0 aromatic heterocycles. The van der Waals surface area contributed by atoms with E-state index >= 15 is 0 Å². The van der Waals surface area contributed by atoms with Gasteiger partial charge in [-0.2, -0.15) is 0 Å². The van der Waals surface area contributed by atoms with E-state index in [1.807, 2.05) is 0 Å². The molecule has 1 saturated heterocycles. The predicted molar refractivity (Wildman–Crippen MR) is 61.0 cm³/mol. The first-order valence-corrected chi connectivity index (χ1v) is 4.93. The zero-order chi connectivity index (χ0) is 11.5. The molecule has 1 atom stereocenters. The summed E-state index contributed by atoms with van der Waals surface area (Å²) in [6.45, 7) is 3.83. The number of amides is 1. The summed E-state index contributed by atoms with van der Waals surface area (Å²) in [4.78, 5) is 13.0. The maximum absolute atomic E-state index is 13.4. The van der Waals surface area contributed by atoms with Gasteiger partial charge in [0.25, 0.3) is 5.92 Å². The van der Waals surface area contributed by atoms with Crippen LogP contribution < -0.4 is 5.32 Å². The van der Waals surface area contributed by atoms with Crippen LogP contribution in [0.4, 0.5) is 8.78 Å². The molecule has 1 aliphatic heterocycles. The fourth-order valence-electron chi connectivity index (χ4n) is 1.69. The van der Waals surface area contributed by atoms with Gasteiger partial charge in [-0.1, -0.05) is 6.08 Å². The average molecular weight is 255 g/mol. The molecule has 0 spiro atoms. The molecule has 1 aliphatic rings. The third kappa shape index (κ3) is 3.42. The molecule has 0 bridgehead atoms. The minimum atomic E-state index is -2.94. The maximum atomic E-state index is 13.4. The Kier molecular flexibility index (Phi) is 5.89. The van der Waals surface area contributed by atoms with Crippen molar-refractivity contribution in [2.24, 2.45) is 5.92 Å². The molecule has 1 amide bonds. The fourth-order valence-corrected chi connectivity index (χ4v) is 1.69. The van der Waals surface area contributed by atoms with E-state index in [2.05, 4.69) is 11.9 Å². The lowest BCUT2D eigenvalue weighted by atomic mass is 9.92. The summed E-state index contributed by atoms with van der Waals surface area (Å²) in [6.07, 6.45) is 1.71. The van der Waals surface area contributed by atoms with Crippen LogP contribution in [0.25, 0.3) is 0 Å². The molecule has 0 aliphatic carbocycles. The molecule has 0 aromatic rings. The van der Waals surface area contributed by atoms with Crippen LogP contribution in [0.1, 0.15) is 6.42 Å². The minimum Gasteiger partial charge on any atom is -0.342 e. The van der Waals surface area contributed by atoms with E-state index in [1.54, 1.807) is 0 Å². The highest BCUT2D eigenvalue weighted by atomic mass is 35.5. The molecule has 0 radical (unpaired) electrons. The average Bonchev–Trinajstić information content (AvgIpc) is 2.16. The van der Waals surface area contributed by atoms with Crippen molar-refractivity contribution in [2.75, 3.05) is 26.7 Å². The first-order valence-electron chi connectivity index (χ1n) is 4.93. The Morgan fingerprint density at radius 3 is 2.81 bits per heavy atom. The molecule has 94 valence electrons. The molecule has 3 nitrogen and oxygen atoms in total. The summed E-state index contributed by atoms with van der Waals surface area (Å²) in [5, 5.41) is 2.59. The second-order valence-corrected chi connectivity index (χ2v) is 3.79. The van der Waals surface area contributed by atoms with Crippen LogP contribution in [0.5, 0.6) is 0 Å². The summed E-state index contributed by atoms with van der Waals surface area (Å²) in [5.74, 6) is -4.63. The van der Waals surface area contributed by atoms with Gasteiger partial charge in [-0.3, -0.25) is 4.79 Å². The number of rotatable bonds is 3. The number of alkyl halides is 2. The second kappa shape index (κ2) is 6.15. The third-order valence-corrected chi connectivity index (χ3v) is 2.56. The van der Waals surface area contributed by atoms with Gasteiger partial charge >= 0.3 is 0 Å². The highest BCUT2D eigenvalue weighted by Gasteiger charge is 2.46. The largest absolute Gasteiger partial charge is 0.342 e. The van der Waals surface area contributed by atoms with Crippen molar-refractivity contribution in [3.05, 3.63) is 12.7 Å². The Hall–Kier alpha value is -0.680. The maximum Gasteiger partial charge on any atom is 0.271 e. The third-order valence-electron chi connectivity index (χ3n) is 2.56. The van der Waals surface area contributed by atoms with Crippen LogP contribution in [0.2, 0.25) is 0 Å². The van der Waals surface area contributed by atoms with Gasteiger partial charge in [0.05, 0.1) is 6.54 Å². The summed E-state index contributed by atoms with van der Waals surface area (Å²) < 4.78 is 26.8. The van der Waals surface area contributed by atoms with E-state index in [1.165, 1.54) is 18.0 Å². The normalized spacial score (nSPS) is 23.1. The quantitative estimate of drug-likeness (QED) is 0.770. The van der Waals surface area contributed by atoms with Crippen LogP contribution in [-0.4, -0.2) is 43.4 Å². The van der Waals surface area contributed by atoms with Crippen LogP contribution in [-0.2, 0) is 4.79 Å². The van der Waals surface area contributed by atoms with E-state index in [0.717, 1.165) is 0 Å². The first kappa shape index (κ1) is 15.3. The number of nitrogens with zero attached hydrogens (tertiary/aromatic N) is 1. The van der Waals surface area contributed by atoms with Crippen LogP contribution >= 0.6 is 12.4 Å². The topological polar surface area (TPSA) is 32.3 Å². The molecular weight excluding hydrogens is 238 g/mol. The zero-order valence-corrected chi connectivity index (χ0v) is 10.0. The van der Waals surface area contributed by atoms with Crippen molar-refractivity contribution < 1.29 is 13.6 Å². The highest BCUT2D eigenvalue weighted by Crippen LogP contribution is 2.30. The SMILES string of the molecule is C=CCN(C)C(=O)C1CCNCC1(F)F.Cl. The number of halogens is 3.